The summed E-state index contributed by atoms with van der Waals surface area (Å²) < 4.78 is 12.6. The summed E-state index contributed by atoms with van der Waals surface area (Å²) in [5, 5.41) is 8.25. The molecule has 1 aliphatic rings. The summed E-state index contributed by atoms with van der Waals surface area (Å²) in [5.41, 5.74) is 3.94. The second kappa shape index (κ2) is 8.86. The molecule has 1 fully saturated rings. The zero-order valence-electron chi connectivity index (χ0n) is 17.9. The van der Waals surface area contributed by atoms with Gasteiger partial charge in [0.05, 0.1) is 48.4 Å². The molecule has 5 heterocycles. The summed E-state index contributed by atoms with van der Waals surface area (Å²) in [6.07, 6.45) is 5.43. The third-order valence-electron chi connectivity index (χ3n) is 5.68. The van der Waals surface area contributed by atoms with Gasteiger partial charge in [0.1, 0.15) is 0 Å². The number of nitrogens with one attached hydrogen (secondary N) is 1. The van der Waals surface area contributed by atoms with Crippen LogP contribution in [0.2, 0.25) is 0 Å². The van der Waals surface area contributed by atoms with Gasteiger partial charge in [0.2, 0.25) is 0 Å². The van der Waals surface area contributed by atoms with Crippen LogP contribution in [0, 0.1) is 0 Å². The lowest BCUT2D eigenvalue weighted by Crippen LogP contribution is -2.36. The number of thiophene rings is 1. The lowest BCUT2D eigenvalue weighted by Gasteiger charge is -2.28. The molecule has 0 unspecified atom stereocenters. The first-order valence-electron chi connectivity index (χ1n) is 10.9. The average molecular weight is 459 g/mol. The number of hydrogen-bond acceptors (Lipinski definition) is 8. The molecular formula is C24H22N6O2S. The summed E-state index contributed by atoms with van der Waals surface area (Å²) in [7, 11) is 0. The SMILES string of the molecule is c1cncc(COCc2cc3nc(-c4cccc5[nH]ncc45)nc(N4CCOCC4)c3s2)c1. The Morgan fingerprint density at radius 3 is 2.88 bits per heavy atom. The Balaban J connectivity index is 1.38. The molecule has 4 aromatic heterocycles. The average Bonchev–Trinajstić information content (AvgIpc) is 3.51. The zero-order chi connectivity index (χ0) is 22.0. The van der Waals surface area contributed by atoms with E-state index in [9.17, 15) is 0 Å². The van der Waals surface area contributed by atoms with E-state index in [2.05, 4.69) is 26.1 Å². The van der Waals surface area contributed by atoms with Crippen molar-refractivity contribution >= 4 is 38.3 Å². The molecule has 33 heavy (non-hydrogen) atoms. The maximum atomic E-state index is 5.96. The number of aromatic nitrogens is 5. The number of hydrogen-bond donors (Lipinski definition) is 1. The summed E-state index contributed by atoms with van der Waals surface area (Å²) in [6, 6.07) is 12.1. The molecule has 0 amide bonds. The fraction of sp³-hybridized carbons (Fsp3) is 0.250. The molecule has 0 saturated carbocycles. The van der Waals surface area contributed by atoms with Crippen LogP contribution < -0.4 is 4.90 Å². The van der Waals surface area contributed by atoms with Crippen molar-refractivity contribution in [1.82, 2.24) is 25.1 Å². The number of pyridine rings is 1. The highest BCUT2D eigenvalue weighted by molar-refractivity contribution is 7.19. The summed E-state index contributed by atoms with van der Waals surface area (Å²) in [4.78, 5) is 17.6. The first-order chi connectivity index (χ1) is 16.3. The maximum absolute atomic E-state index is 5.96. The van der Waals surface area contributed by atoms with Gasteiger partial charge >= 0.3 is 0 Å². The number of morpholine rings is 1. The van der Waals surface area contributed by atoms with E-state index in [-0.39, 0.29) is 0 Å². The molecule has 0 radical (unpaired) electrons. The van der Waals surface area contributed by atoms with Crippen LogP contribution in [0.25, 0.3) is 32.5 Å². The van der Waals surface area contributed by atoms with Gasteiger partial charge in [-0.25, -0.2) is 9.97 Å². The van der Waals surface area contributed by atoms with Crippen molar-refractivity contribution in [2.75, 3.05) is 31.2 Å². The second-order valence-electron chi connectivity index (χ2n) is 7.89. The van der Waals surface area contributed by atoms with Crippen LogP contribution in [0.1, 0.15) is 10.4 Å². The minimum Gasteiger partial charge on any atom is -0.378 e. The first kappa shape index (κ1) is 20.2. The van der Waals surface area contributed by atoms with Gasteiger partial charge in [0, 0.05) is 41.3 Å². The first-order valence-corrected chi connectivity index (χ1v) is 11.7. The van der Waals surface area contributed by atoms with Crippen molar-refractivity contribution in [1.29, 1.82) is 0 Å². The third-order valence-corrected chi connectivity index (χ3v) is 6.77. The minimum absolute atomic E-state index is 0.519. The normalized spacial score (nSPS) is 14.4. The zero-order valence-corrected chi connectivity index (χ0v) is 18.7. The number of anilines is 1. The molecule has 1 saturated heterocycles. The predicted octanol–water partition coefficient (Wildman–Crippen LogP) is 4.18. The van der Waals surface area contributed by atoms with Gasteiger partial charge in [-0.1, -0.05) is 18.2 Å². The van der Waals surface area contributed by atoms with Crippen LogP contribution in [0.15, 0.2) is 55.0 Å². The predicted molar refractivity (Wildman–Crippen MR) is 128 cm³/mol. The van der Waals surface area contributed by atoms with Gasteiger partial charge in [-0.05, 0) is 23.8 Å². The molecular weight excluding hydrogens is 436 g/mol. The summed E-state index contributed by atoms with van der Waals surface area (Å²) in [6.45, 7) is 4.07. The van der Waals surface area contributed by atoms with E-state index in [0.29, 0.717) is 32.3 Å². The van der Waals surface area contributed by atoms with Gasteiger partial charge in [0.25, 0.3) is 0 Å². The van der Waals surface area contributed by atoms with Crippen LogP contribution in [0.3, 0.4) is 0 Å². The molecule has 0 atom stereocenters. The highest BCUT2D eigenvalue weighted by atomic mass is 32.1. The topological polar surface area (TPSA) is 89.1 Å². The lowest BCUT2D eigenvalue weighted by molar-refractivity contribution is 0.109. The van der Waals surface area contributed by atoms with Gasteiger partial charge in [0.15, 0.2) is 11.6 Å². The Morgan fingerprint density at radius 2 is 2.00 bits per heavy atom. The number of H-pyrrole nitrogens is 1. The van der Waals surface area contributed by atoms with E-state index < -0.39 is 0 Å². The molecule has 0 aliphatic carbocycles. The smallest absolute Gasteiger partial charge is 0.162 e. The second-order valence-corrected chi connectivity index (χ2v) is 9.02. The molecule has 0 spiro atoms. The number of fused-ring (bicyclic) bond motifs is 2. The van der Waals surface area contributed by atoms with Crippen molar-refractivity contribution in [3.8, 4) is 11.4 Å². The molecule has 1 N–H and O–H groups in total. The Morgan fingerprint density at radius 1 is 1.06 bits per heavy atom. The number of ether oxygens (including phenoxy) is 2. The Kier molecular flexibility index (Phi) is 5.43. The third kappa shape index (κ3) is 4.06. The highest BCUT2D eigenvalue weighted by Crippen LogP contribution is 2.36. The Bertz CT molecular complexity index is 1390. The molecule has 9 heteroatoms. The fourth-order valence-electron chi connectivity index (χ4n) is 4.06. The van der Waals surface area contributed by atoms with Crippen molar-refractivity contribution in [2.24, 2.45) is 0 Å². The number of rotatable bonds is 6. The standard InChI is InChI=1S/C24H22N6O2S/c1-4-18(19-13-26-29-20(19)5-1)23-27-21-11-17(15-32-14-16-3-2-6-25-12-16)33-22(21)24(28-23)30-7-9-31-10-8-30/h1-6,11-13H,7-10,14-15H2,(H,26,29). The summed E-state index contributed by atoms with van der Waals surface area (Å²) >= 11 is 1.70. The monoisotopic (exact) mass is 458 g/mol. The van der Waals surface area contributed by atoms with Crippen molar-refractivity contribution in [3.05, 3.63) is 65.4 Å². The molecule has 166 valence electrons. The van der Waals surface area contributed by atoms with E-state index in [1.54, 1.807) is 17.5 Å². The van der Waals surface area contributed by atoms with Crippen molar-refractivity contribution in [3.63, 3.8) is 0 Å². The molecule has 8 nitrogen and oxygen atoms in total. The van der Waals surface area contributed by atoms with Gasteiger partial charge < -0.3 is 14.4 Å². The summed E-state index contributed by atoms with van der Waals surface area (Å²) in [5.74, 6) is 1.67. The van der Waals surface area contributed by atoms with E-state index in [4.69, 9.17) is 19.4 Å². The molecule has 1 aromatic carbocycles. The Labute approximate surface area is 194 Å². The van der Waals surface area contributed by atoms with Crippen LogP contribution >= 0.6 is 11.3 Å². The van der Waals surface area contributed by atoms with E-state index in [1.165, 1.54) is 0 Å². The molecule has 6 rings (SSSR count). The van der Waals surface area contributed by atoms with Crippen LogP contribution in [-0.2, 0) is 22.7 Å². The van der Waals surface area contributed by atoms with Crippen molar-refractivity contribution in [2.45, 2.75) is 13.2 Å². The largest absolute Gasteiger partial charge is 0.378 e. The van der Waals surface area contributed by atoms with E-state index >= 15 is 0 Å². The van der Waals surface area contributed by atoms with Crippen LogP contribution in [0.5, 0.6) is 0 Å². The number of benzene rings is 1. The van der Waals surface area contributed by atoms with Crippen LogP contribution in [0.4, 0.5) is 5.82 Å². The van der Waals surface area contributed by atoms with E-state index in [1.807, 2.05) is 42.7 Å². The molecule has 1 aliphatic heterocycles. The number of aromatic amines is 1. The molecule has 0 bridgehead atoms. The van der Waals surface area contributed by atoms with Gasteiger partial charge in [-0.15, -0.1) is 11.3 Å². The lowest BCUT2D eigenvalue weighted by atomic mass is 10.1. The van der Waals surface area contributed by atoms with E-state index in [0.717, 1.165) is 56.0 Å². The highest BCUT2D eigenvalue weighted by Gasteiger charge is 2.21. The molecule has 5 aromatic rings. The quantitative estimate of drug-likeness (QED) is 0.408. The van der Waals surface area contributed by atoms with Gasteiger partial charge in [-0.3, -0.25) is 10.1 Å². The van der Waals surface area contributed by atoms with Gasteiger partial charge in [-0.2, -0.15) is 5.10 Å². The fourth-order valence-corrected chi connectivity index (χ4v) is 5.11. The van der Waals surface area contributed by atoms with Crippen molar-refractivity contribution < 1.29 is 9.47 Å². The van der Waals surface area contributed by atoms with Crippen LogP contribution in [-0.4, -0.2) is 51.5 Å². The Hall–Kier alpha value is -3.40. The number of nitrogens with zero attached hydrogens (tertiary/aromatic N) is 5. The maximum Gasteiger partial charge on any atom is 0.162 e. The minimum atomic E-state index is 0.519.